The van der Waals surface area contributed by atoms with E-state index in [1.807, 2.05) is 11.7 Å². The molecule has 1 saturated carbocycles. The van der Waals surface area contributed by atoms with E-state index >= 15 is 0 Å². The van der Waals surface area contributed by atoms with E-state index in [-0.39, 0.29) is 0 Å². The number of nitrogens with two attached hydrogens (primary N) is 1. The van der Waals surface area contributed by atoms with E-state index in [4.69, 9.17) is 5.84 Å². The van der Waals surface area contributed by atoms with Crippen molar-refractivity contribution >= 4 is 11.3 Å². The Kier molecular flexibility index (Phi) is 1.89. The van der Waals surface area contributed by atoms with Gasteiger partial charge in [-0.15, -0.1) is 11.3 Å². The topological polar surface area (TPSA) is 50.9 Å². The Morgan fingerprint density at radius 3 is 3.00 bits per heavy atom. The average molecular weight is 169 g/mol. The minimum Gasteiger partial charge on any atom is -0.271 e. The Labute approximate surface area is 69.6 Å². The van der Waals surface area contributed by atoms with Crippen molar-refractivity contribution in [1.82, 2.24) is 10.4 Å². The van der Waals surface area contributed by atoms with Gasteiger partial charge < -0.3 is 0 Å². The van der Waals surface area contributed by atoms with Crippen LogP contribution in [0.2, 0.25) is 0 Å². The van der Waals surface area contributed by atoms with Crippen molar-refractivity contribution in [2.45, 2.75) is 18.9 Å². The second kappa shape index (κ2) is 2.89. The summed E-state index contributed by atoms with van der Waals surface area (Å²) in [7, 11) is 0. The third-order valence-electron chi connectivity index (χ3n) is 2.03. The van der Waals surface area contributed by atoms with E-state index in [2.05, 4.69) is 10.4 Å². The van der Waals surface area contributed by atoms with Crippen molar-refractivity contribution in [2.75, 3.05) is 0 Å². The molecule has 1 unspecified atom stereocenters. The molecule has 0 saturated heterocycles. The summed E-state index contributed by atoms with van der Waals surface area (Å²) in [6, 6.07) is 0.350. The molecule has 1 heterocycles. The van der Waals surface area contributed by atoms with Gasteiger partial charge in [0.25, 0.3) is 0 Å². The highest BCUT2D eigenvalue weighted by molar-refractivity contribution is 7.09. The lowest BCUT2D eigenvalue weighted by atomic mass is 10.2. The number of nitrogens with one attached hydrogen (secondary N) is 1. The number of hydrogen-bond acceptors (Lipinski definition) is 4. The zero-order valence-electron chi connectivity index (χ0n) is 6.16. The van der Waals surface area contributed by atoms with E-state index in [1.54, 1.807) is 11.3 Å². The predicted molar refractivity (Wildman–Crippen MR) is 44.9 cm³/mol. The van der Waals surface area contributed by atoms with Crippen LogP contribution in [0.1, 0.15) is 23.8 Å². The summed E-state index contributed by atoms with van der Waals surface area (Å²) in [6.45, 7) is 0. The molecule has 0 amide bonds. The molecule has 0 bridgehead atoms. The monoisotopic (exact) mass is 169 g/mol. The van der Waals surface area contributed by atoms with Crippen molar-refractivity contribution < 1.29 is 0 Å². The summed E-state index contributed by atoms with van der Waals surface area (Å²) in [5.41, 5.74) is 4.69. The minimum absolute atomic E-state index is 0.350. The second-order valence-corrected chi connectivity index (χ2v) is 3.80. The van der Waals surface area contributed by atoms with Gasteiger partial charge in [-0.3, -0.25) is 16.3 Å². The molecule has 0 aromatic carbocycles. The van der Waals surface area contributed by atoms with Gasteiger partial charge in [-0.25, -0.2) is 0 Å². The van der Waals surface area contributed by atoms with E-state index in [9.17, 15) is 0 Å². The lowest BCUT2D eigenvalue weighted by molar-refractivity contribution is 0.504. The van der Waals surface area contributed by atoms with Crippen molar-refractivity contribution in [3.05, 3.63) is 16.6 Å². The summed E-state index contributed by atoms with van der Waals surface area (Å²) in [6.07, 6.45) is 4.49. The minimum atomic E-state index is 0.350. The first kappa shape index (κ1) is 7.21. The fourth-order valence-electron chi connectivity index (χ4n) is 1.26. The fourth-order valence-corrected chi connectivity index (χ4v) is 2.03. The first-order valence-electron chi connectivity index (χ1n) is 3.76. The molecule has 11 heavy (non-hydrogen) atoms. The summed E-state index contributed by atoms with van der Waals surface area (Å²) < 4.78 is 0. The highest BCUT2D eigenvalue weighted by Crippen LogP contribution is 2.41. The number of rotatable bonds is 3. The van der Waals surface area contributed by atoms with Gasteiger partial charge >= 0.3 is 0 Å². The van der Waals surface area contributed by atoms with Crippen LogP contribution in [0.4, 0.5) is 0 Å². The SMILES string of the molecule is NNC(c1cncs1)C1CC1. The predicted octanol–water partition coefficient (Wildman–Crippen LogP) is 1.06. The quantitative estimate of drug-likeness (QED) is 0.525. The largest absolute Gasteiger partial charge is 0.271 e. The first-order valence-corrected chi connectivity index (χ1v) is 4.64. The molecular formula is C7H11N3S. The highest BCUT2D eigenvalue weighted by Gasteiger charge is 2.32. The lowest BCUT2D eigenvalue weighted by Gasteiger charge is -2.11. The Morgan fingerprint density at radius 1 is 1.73 bits per heavy atom. The normalized spacial score (nSPS) is 20.1. The van der Waals surface area contributed by atoms with Crippen LogP contribution in [0.15, 0.2) is 11.7 Å². The molecule has 3 N–H and O–H groups in total. The van der Waals surface area contributed by atoms with Gasteiger partial charge in [0, 0.05) is 11.1 Å². The summed E-state index contributed by atoms with van der Waals surface area (Å²) in [4.78, 5) is 5.28. The maximum atomic E-state index is 5.43. The molecule has 2 rings (SSSR count). The fraction of sp³-hybridized carbons (Fsp3) is 0.571. The second-order valence-electron chi connectivity index (χ2n) is 2.89. The molecule has 1 aromatic rings. The third-order valence-corrected chi connectivity index (χ3v) is 2.89. The zero-order valence-corrected chi connectivity index (χ0v) is 6.97. The number of aromatic nitrogens is 1. The molecule has 1 aliphatic rings. The van der Waals surface area contributed by atoms with Gasteiger partial charge in [-0.2, -0.15) is 0 Å². The van der Waals surface area contributed by atoms with Crippen LogP contribution in [0.3, 0.4) is 0 Å². The molecule has 4 heteroatoms. The van der Waals surface area contributed by atoms with Crippen LogP contribution in [-0.4, -0.2) is 4.98 Å². The van der Waals surface area contributed by atoms with Crippen molar-refractivity contribution in [3.8, 4) is 0 Å². The van der Waals surface area contributed by atoms with Gasteiger partial charge in [-0.1, -0.05) is 0 Å². The summed E-state index contributed by atoms with van der Waals surface area (Å²) in [5, 5.41) is 0. The molecule has 1 fully saturated rings. The highest BCUT2D eigenvalue weighted by atomic mass is 32.1. The molecule has 1 atom stereocenters. The van der Waals surface area contributed by atoms with Gasteiger partial charge in [0.05, 0.1) is 11.6 Å². The number of nitrogens with zero attached hydrogens (tertiary/aromatic N) is 1. The Balaban J connectivity index is 2.11. The van der Waals surface area contributed by atoms with E-state index in [0.717, 1.165) is 5.92 Å². The molecular weight excluding hydrogens is 158 g/mol. The number of hydrogen-bond donors (Lipinski definition) is 2. The van der Waals surface area contributed by atoms with Gasteiger partial charge in [-0.05, 0) is 18.8 Å². The summed E-state index contributed by atoms with van der Waals surface area (Å²) in [5.74, 6) is 6.18. The Morgan fingerprint density at radius 2 is 2.55 bits per heavy atom. The van der Waals surface area contributed by atoms with Crippen LogP contribution in [0.25, 0.3) is 0 Å². The Hall–Kier alpha value is -0.450. The average Bonchev–Trinajstić information content (AvgIpc) is 2.68. The molecule has 1 aliphatic carbocycles. The maximum absolute atomic E-state index is 5.43. The third kappa shape index (κ3) is 1.42. The van der Waals surface area contributed by atoms with Crippen LogP contribution in [0, 0.1) is 5.92 Å². The zero-order chi connectivity index (χ0) is 7.68. The van der Waals surface area contributed by atoms with Crippen LogP contribution in [-0.2, 0) is 0 Å². The molecule has 1 aromatic heterocycles. The Bertz CT molecular complexity index is 218. The van der Waals surface area contributed by atoms with Crippen molar-refractivity contribution in [2.24, 2.45) is 11.8 Å². The van der Waals surface area contributed by atoms with Crippen LogP contribution < -0.4 is 11.3 Å². The first-order chi connectivity index (χ1) is 5.42. The standard InChI is InChI=1S/C7H11N3S/c8-10-7(5-1-2-5)6-3-9-4-11-6/h3-5,7,10H,1-2,8H2. The van der Waals surface area contributed by atoms with Crippen molar-refractivity contribution in [3.63, 3.8) is 0 Å². The molecule has 3 nitrogen and oxygen atoms in total. The van der Waals surface area contributed by atoms with Crippen LogP contribution in [0.5, 0.6) is 0 Å². The smallest absolute Gasteiger partial charge is 0.0794 e. The number of thiazole rings is 1. The van der Waals surface area contributed by atoms with Crippen LogP contribution >= 0.6 is 11.3 Å². The number of hydrazine groups is 1. The van der Waals surface area contributed by atoms with E-state index in [0.29, 0.717) is 6.04 Å². The maximum Gasteiger partial charge on any atom is 0.0794 e. The van der Waals surface area contributed by atoms with Gasteiger partial charge in [0.2, 0.25) is 0 Å². The van der Waals surface area contributed by atoms with Crippen molar-refractivity contribution in [1.29, 1.82) is 0 Å². The van der Waals surface area contributed by atoms with E-state index < -0.39 is 0 Å². The van der Waals surface area contributed by atoms with Gasteiger partial charge in [0.15, 0.2) is 0 Å². The molecule has 0 aliphatic heterocycles. The van der Waals surface area contributed by atoms with E-state index in [1.165, 1.54) is 17.7 Å². The lowest BCUT2D eigenvalue weighted by Crippen LogP contribution is -2.28. The molecule has 0 spiro atoms. The summed E-state index contributed by atoms with van der Waals surface area (Å²) >= 11 is 1.67. The molecule has 60 valence electrons. The molecule has 0 radical (unpaired) electrons. The van der Waals surface area contributed by atoms with Gasteiger partial charge in [0.1, 0.15) is 0 Å².